The highest BCUT2D eigenvalue weighted by molar-refractivity contribution is 9.10. The van der Waals surface area contributed by atoms with Gasteiger partial charge in [0.1, 0.15) is 5.56 Å². The van der Waals surface area contributed by atoms with E-state index < -0.39 is 5.97 Å². The Balaban J connectivity index is 2.53. The summed E-state index contributed by atoms with van der Waals surface area (Å²) in [5.41, 5.74) is 1.33. The van der Waals surface area contributed by atoms with Crippen LogP contribution in [0.1, 0.15) is 10.4 Å². The molecule has 2 rings (SSSR count). The van der Waals surface area contributed by atoms with Gasteiger partial charge in [0.25, 0.3) is 0 Å². The molecular formula is C12H9BrN2O3. The maximum absolute atomic E-state index is 11.1. The highest BCUT2D eigenvalue weighted by Gasteiger charge is 2.13. The quantitative estimate of drug-likeness (QED) is 0.943. The number of aromatic carboxylic acids is 1. The van der Waals surface area contributed by atoms with Crippen molar-refractivity contribution in [2.75, 3.05) is 7.11 Å². The summed E-state index contributed by atoms with van der Waals surface area (Å²) in [4.78, 5) is 19.3. The lowest BCUT2D eigenvalue weighted by atomic mass is 10.1. The average Bonchev–Trinajstić information content (AvgIpc) is 2.38. The van der Waals surface area contributed by atoms with E-state index in [0.717, 1.165) is 10.0 Å². The van der Waals surface area contributed by atoms with Crippen molar-refractivity contribution in [3.8, 4) is 17.0 Å². The van der Waals surface area contributed by atoms with Crippen molar-refractivity contribution in [1.29, 1.82) is 0 Å². The molecule has 2 aromatic rings. The van der Waals surface area contributed by atoms with Crippen molar-refractivity contribution in [2.45, 2.75) is 0 Å². The third kappa shape index (κ3) is 2.48. The number of aromatic nitrogens is 2. The number of ether oxygens (including phenoxy) is 1. The van der Waals surface area contributed by atoms with Crippen LogP contribution >= 0.6 is 15.9 Å². The topological polar surface area (TPSA) is 72.3 Å². The summed E-state index contributed by atoms with van der Waals surface area (Å²) in [6.07, 6.45) is 4.65. The second-order valence-corrected chi connectivity index (χ2v) is 4.38. The van der Waals surface area contributed by atoms with Gasteiger partial charge in [-0.1, -0.05) is 0 Å². The van der Waals surface area contributed by atoms with Gasteiger partial charge in [0.15, 0.2) is 5.75 Å². The van der Waals surface area contributed by atoms with Crippen LogP contribution in [0.25, 0.3) is 11.3 Å². The Morgan fingerprint density at radius 2 is 2.11 bits per heavy atom. The van der Waals surface area contributed by atoms with E-state index in [-0.39, 0.29) is 11.3 Å². The summed E-state index contributed by atoms with van der Waals surface area (Å²) in [5.74, 6) is -0.826. The van der Waals surface area contributed by atoms with Crippen LogP contribution in [0, 0.1) is 0 Å². The van der Waals surface area contributed by atoms with Crippen LogP contribution in [0.5, 0.6) is 5.75 Å². The van der Waals surface area contributed by atoms with E-state index in [4.69, 9.17) is 9.84 Å². The lowest BCUT2D eigenvalue weighted by Crippen LogP contribution is -2.02. The molecule has 0 aliphatic rings. The van der Waals surface area contributed by atoms with Crippen molar-refractivity contribution < 1.29 is 14.6 Å². The predicted molar refractivity (Wildman–Crippen MR) is 68.7 cm³/mol. The van der Waals surface area contributed by atoms with E-state index in [0.29, 0.717) is 5.69 Å². The number of halogens is 1. The molecule has 1 N–H and O–H groups in total. The van der Waals surface area contributed by atoms with Gasteiger partial charge in [-0.2, -0.15) is 0 Å². The average molecular weight is 309 g/mol. The summed E-state index contributed by atoms with van der Waals surface area (Å²) in [5, 5.41) is 9.09. The minimum absolute atomic E-state index is 0.0717. The first-order chi connectivity index (χ1) is 8.61. The number of rotatable bonds is 3. The summed E-state index contributed by atoms with van der Waals surface area (Å²) in [7, 11) is 1.41. The fourth-order valence-electron chi connectivity index (χ4n) is 1.48. The lowest BCUT2D eigenvalue weighted by Gasteiger charge is -2.07. The Labute approximate surface area is 112 Å². The van der Waals surface area contributed by atoms with E-state index in [1.165, 1.54) is 19.4 Å². The molecule has 0 saturated heterocycles. The number of nitrogens with zero attached hydrogens (tertiary/aromatic N) is 2. The molecule has 2 aromatic heterocycles. The number of carboxylic acids is 1. The van der Waals surface area contributed by atoms with Gasteiger partial charge >= 0.3 is 5.97 Å². The predicted octanol–water partition coefficient (Wildman–Crippen LogP) is 2.61. The molecule has 2 heterocycles. The van der Waals surface area contributed by atoms with Gasteiger partial charge in [-0.25, -0.2) is 4.79 Å². The van der Waals surface area contributed by atoms with Crippen LogP contribution < -0.4 is 4.74 Å². The first-order valence-electron chi connectivity index (χ1n) is 5.00. The van der Waals surface area contributed by atoms with Crippen LogP contribution in [0.4, 0.5) is 0 Å². The number of hydrogen-bond acceptors (Lipinski definition) is 4. The molecule has 0 amide bonds. The minimum atomic E-state index is -1.06. The third-order valence-electron chi connectivity index (χ3n) is 2.32. The second-order valence-electron chi connectivity index (χ2n) is 3.47. The van der Waals surface area contributed by atoms with Gasteiger partial charge in [0.05, 0.1) is 19.0 Å². The van der Waals surface area contributed by atoms with E-state index in [1.807, 2.05) is 6.07 Å². The molecule has 92 valence electrons. The first kappa shape index (κ1) is 12.5. The zero-order valence-corrected chi connectivity index (χ0v) is 11.0. The van der Waals surface area contributed by atoms with Crippen molar-refractivity contribution in [1.82, 2.24) is 9.97 Å². The Kier molecular flexibility index (Phi) is 3.57. The molecule has 18 heavy (non-hydrogen) atoms. The monoisotopic (exact) mass is 308 g/mol. The summed E-state index contributed by atoms with van der Waals surface area (Å²) >= 11 is 3.30. The SMILES string of the molecule is COc1cnc(-c2cncc(Br)c2)cc1C(=O)O. The van der Waals surface area contributed by atoms with Crippen LogP contribution in [-0.2, 0) is 0 Å². The zero-order valence-electron chi connectivity index (χ0n) is 9.42. The molecule has 5 nitrogen and oxygen atoms in total. The third-order valence-corrected chi connectivity index (χ3v) is 2.75. The second kappa shape index (κ2) is 5.14. The fourth-order valence-corrected chi connectivity index (χ4v) is 1.85. The van der Waals surface area contributed by atoms with E-state index >= 15 is 0 Å². The minimum Gasteiger partial charge on any atom is -0.494 e. The molecule has 0 aromatic carbocycles. The molecule has 0 fully saturated rings. The Bertz CT molecular complexity index is 602. The molecule has 0 unspecified atom stereocenters. The number of carbonyl (C=O) groups is 1. The highest BCUT2D eigenvalue weighted by Crippen LogP contribution is 2.25. The Morgan fingerprint density at radius 1 is 1.33 bits per heavy atom. The van der Waals surface area contributed by atoms with Gasteiger partial charge < -0.3 is 9.84 Å². The Hall–Kier alpha value is -1.95. The van der Waals surface area contributed by atoms with Crippen LogP contribution in [-0.4, -0.2) is 28.2 Å². The maximum atomic E-state index is 11.1. The molecule has 0 aliphatic heterocycles. The lowest BCUT2D eigenvalue weighted by molar-refractivity contribution is 0.0693. The molecule has 0 saturated carbocycles. The maximum Gasteiger partial charge on any atom is 0.339 e. The van der Waals surface area contributed by atoms with Gasteiger partial charge in [0.2, 0.25) is 0 Å². The normalized spacial score (nSPS) is 10.1. The molecule has 0 spiro atoms. The van der Waals surface area contributed by atoms with Crippen molar-refractivity contribution in [3.05, 3.63) is 40.8 Å². The highest BCUT2D eigenvalue weighted by atomic mass is 79.9. The van der Waals surface area contributed by atoms with Crippen LogP contribution in [0.3, 0.4) is 0 Å². The van der Waals surface area contributed by atoms with Gasteiger partial charge in [0, 0.05) is 22.4 Å². The number of hydrogen-bond donors (Lipinski definition) is 1. The molecule has 0 aliphatic carbocycles. The van der Waals surface area contributed by atoms with Crippen molar-refractivity contribution in [2.24, 2.45) is 0 Å². The number of methoxy groups -OCH3 is 1. The summed E-state index contributed by atoms with van der Waals surface area (Å²) in [6.45, 7) is 0. The first-order valence-corrected chi connectivity index (χ1v) is 5.79. The van der Waals surface area contributed by atoms with Gasteiger partial charge in [-0.3, -0.25) is 9.97 Å². The zero-order chi connectivity index (χ0) is 13.1. The van der Waals surface area contributed by atoms with Crippen LogP contribution in [0.2, 0.25) is 0 Å². The van der Waals surface area contributed by atoms with E-state index in [2.05, 4.69) is 25.9 Å². The smallest absolute Gasteiger partial charge is 0.339 e. The molecule has 6 heteroatoms. The summed E-state index contributed by atoms with van der Waals surface area (Å²) < 4.78 is 5.75. The van der Waals surface area contributed by atoms with Gasteiger partial charge in [-0.05, 0) is 28.1 Å². The van der Waals surface area contributed by atoms with Crippen LogP contribution in [0.15, 0.2) is 35.2 Å². The molecular weight excluding hydrogens is 300 g/mol. The number of carboxylic acid groups (broad SMARTS) is 1. The largest absolute Gasteiger partial charge is 0.494 e. The molecule has 0 radical (unpaired) electrons. The summed E-state index contributed by atoms with van der Waals surface area (Å²) in [6, 6.07) is 3.28. The molecule has 0 atom stereocenters. The van der Waals surface area contributed by atoms with Crippen molar-refractivity contribution >= 4 is 21.9 Å². The van der Waals surface area contributed by atoms with E-state index in [9.17, 15) is 4.79 Å². The van der Waals surface area contributed by atoms with E-state index in [1.54, 1.807) is 12.4 Å². The van der Waals surface area contributed by atoms with Crippen molar-refractivity contribution in [3.63, 3.8) is 0 Å². The fraction of sp³-hybridized carbons (Fsp3) is 0.0833. The Morgan fingerprint density at radius 3 is 2.72 bits per heavy atom. The number of pyridine rings is 2. The van der Waals surface area contributed by atoms with Gasteiger partial charge in [-0.15, -0.1) is 0 Å². The standard InChI is InChI=1S/C12H9BrN2O3/c1-18-11-6-15-10(3-9(11)12(16)17)7-2-8(13)5-14-4-7/h2-6H,1H3,(H,16,17). The molecule has 0 bridgehead atoms.